The van der Waals surface area contributed by atoms with Crippen molar-refractivity contribution in [2.75, 3.05) is 6.54 Å². The molecular formula is C27H24N2O6S2. The van der Waals surface area contributed by atoms with Crippen LogP contribution in [0.4, 0.5) is 0 Å². The molecule has 1 unspecified atom stereocenters. The molecule has 2 N–H and O–H groups in total. The fourth-order valence-electron chi connectivity index (χ4n) is 3.82. The van der Waals surface area contributed by atoms with Crippen molar-refractivity contribution in [3.05, 3.63) is 89.6 Å². The van der Waals surface area contributed by atoms with Crippen LogP contribution < -0.4 is 9.47 Å². The third-order valence-corrected chi connectivity index (χ3v) is 6.73. The SMILES string of the molecule is Cc1ccc(Oc2cc(OCc3ccccc3)c3[nH]c(C4=NCC(CC(=O)O)S4)cc3c2)cc1.O=S=O. The molecule has 190 valence electrons. The zero-order valence-corrected chi connectivity index (χ0v) is 21.5. The molecule has 1 aliphatic rings. The molecule has 0 radical (unpaired) electrons. The molecule has 1 aromatic heterocycles. The van der Waals surface area contributed by atoms with Gasteiger partial charge in [0.1, 0.15) is 28.9 Å². The Labute approximate surface area is 221 Å². The van der Waals surface area contributed by atoms with Crippen LogP contribution in [0, 0.1) is 6.92 Å². The number of aliphatic carboxylic acids is 1. The topological polar surface area (TPSA) is 118 Å². The Balaban J connectivity index is 0.00000102. The molecule has 0 saturated heterocycles. The van der Waals surface area contributed by atoms with Crippen molar-refractivity contribution in [1.82, 2.24) is 4.98 Å². The molecular weight excluding hydrogens is 512 g/mol. The lowest BCUT2D eigenvalue weighted by Crippen LogP contribution is -2.10. The predicted octanol–water partition coefficient (Wildman–Crippen LogP) is 5.51. The molecule has 37 heavy (non-hydrogen) atoms. The Morgan fingerprint density at radius 1 is 1.08 bits per heavy atom. The summed E-state index contributed by atoms with van der Waals surface area (Å²) in [6, 6.07) is 23.8. The molecule has 10 heteroatoms. The highest BCUT2D eigenvalue weighted by Gasteiger charge is 2.24. The first-order valence-corrected chi connectivity index (χ1v) is 12.9. The molecule has 8 nitrogen and oxygen atoms in total. The maximum absolute atomic E-state index is 11.1. The molecule has 3 aromatic carbocycles. The van der Waals surface area contributed by atoms with Crippen LogP contribution in [0.2, 0.25) is 0 Å². The number of aromatic nitrogens is 1. The quantitative estimate of drug-likeness (QED) is 0.305. The van der Waals surface area contributed by atoms with Gasteiger partial charge in [0.25, 0.3) is 0 Å². The number of ether oxygens (including phenoxy) is 2. The second kappa shape index (κ2) is 12.4. The molecule has 0 fully saturated rings. The molecule has 1 atom stereocenters. The summed E-state index contributed by atoms with van der Waals surface area (Å²) in [4.78, 5) is 19.1. The summed E-state index contributed by atoms with van der Waals surface area (Å²) in [5.74, 6) is 1.30. The Morgan fingerprint density at radius 3 is 2.51 bits per heavy atom. The van der Waals surface area contributed by atoms with Crippen LogP contribution in [0.3, 0.4) is 0 Å². The van der Waals surface area contributed by atoms with E-state index >= 15 is 0 Å². The van der Waals surface area contributed by atoms with Crippen LogP contribution >= 0.6 is 11.8 Å². The van der Waals surface area contributed by atoms with Crippen LogP contribution in [-0.2, 0) is 23.0 Å². The minimum absolute atomic E-state index is 0.0480. The smallest absolute Gasteiger partial charge is 0.335 e. The van der Waals surface area contributed by atoms with E-state index in [4.69, 9.17) is 23.0 Å². The van der Waals surface area contributed by atoms with E-state index in [0.717, 1.165) is 33.0 Å². The van der Waals surface area contributed by atoms with E-state index in [0.29, 0.717) is 24.7 Å². The van der Waals surface area contributed by atoms with Crippen LogP contribution in [0.5, 0.6) is 17.2 Å². The first-order valence-electron chi connectivity index (χ1n) is 11.4. The number of hydrogen-bond donors (Lipinski definition) is 2. The molecule has 0 aliphatic carbocycles. The van der Waals surface area contributed by atoms with E-state index in [-0.39, 0.29) is 11.7 Å². The molecule has 2 heterocycles. The standard InChI is InChI=1S/C27H24N2O4S.O2S/c1-17-7-9-20(10-8-17)33-21-11-19-12-23(27-28-15-22(34-27)14-25(30)31)29-26(19)24(13-21)32-16-18-5-3-2-4-6-18;1-3-2/h2-13,22,29H,14-16H2,1H3,(H,30,31);. The van der Waals surface area contributed by atoms with Crippen molar-refractivity contribution in [2.45, 2.75) is 25.2 Å². The normalized spacial score (nSPS) is 14.4. The van der Waals surface area contributed by atoms with Crippen molar-refractivity contribution in [2.24, 2.45) is 4.99 Å². The second-order valence-electron chi connectivity index (χ2n) is 8.31. The summed E-state index contributed by atoms with van der Waals surface area (Å²) >= 11 is 0.747. The van der Waals surface area contributed by atoms with Gasteiger partial charge in [0.2, 0.25) is 0 Å². The van der Waals surface area contributed by atoms with Gasteiger partial charge in [-0.25, -0.2) is 0 Å². The largest absolute Gasteiger partial charge is 0.487 e. The van der Waals surface area contributed by atoms with Crippen molar-refractivity contribution >= 4 is 45.2 Å². The Bertz CT molecular complexity index is 1450. The van der Waals surface area contributed by atoms with Crippen LogP contribution in [-0.4, -0.2) is 41.3 Å². The van der Waals surface area contributed by atoms with Gasteiger partial charge >= 0.3 is 17.5 Å². The minimum Gasteiger partial charge on any atom is -0.487 e. The number of carboxylic acids is 1. The van der Waals surface area contributed by atoms with Crippen molar-refractivity contribution in [3.8, 4) is 17.2 Å². The first kappa shape index (κ1) is 26.2. The fourth-order valence-corrected chi connectivity index (χ4v) is 4.89. The number of carboxylic acid groups (broad SMARTS) is 1. The third kappa shape index (κ3) is 7.08. The van der Waals surface area contributed by atoms with Gasteiger partial charge in [0.15, 0.2) is 0 Å². The Kier molecular flexibility index (Phi) is 8.76. The lowest BCUT2D eigenvalue weighted by molar-refractivity contribution is -0.136. The summed E-state index contributed by atoms with van der Waals surface area (Å²) in [5, 5.41) is 10.8. The molecule has 0 amide bonds. The zero-order valence-electron chi connectivity index (χ0n) is 19.9. The molecule has 0 bridgehead atoms. The molecule has 0 saturated carbocycles. The first-order chi connectivity index (χ1) is 17.9. The number of thioether (sulfide) groups is 1. The van der Waals surface area contributed by atoms with Gasteiger partial charge in [-0.3, -0.25) is 9.79 Å². The lowest BCUT2D eigenvalue weighted by Gasteiger charge is -2.11. The molecule has 4 aromatic rings. The van der Waals surface area contributed by atoms with Gasteiger partial charge in [0.05, 0.1) is 24.2 Å². The van der Waals surface area contributed by atoms with Gasteiger partial charge in [-0.1, -0.05) is 59.8 Å². The number of nitrogens with zero attached hydrogens (tertiary/aromatic N) is 1. The number of aromatic amines is 1. The van der Waals surface area contributed by atoms with Crippen LogP contribution in [0.25, 0.3) is 10.9 Å². The van der Waals surface area contributed by atoms with Gasteiger partial charge < -0.3 is 19.6 Å². The number of hydrogen-bond acceptors (Lipinski definition) is 7. The Hall–Kier alpha value is -3.89. The highest BCUT2D eigenvalue weighted by atomic mass is 32.2. The van der Waals surface area contributed by atoms with E-state index < -0.39 is 17.5 Å². The van der Waals surface area contributed by atoms with Crippen molar-refractivity contribution < 1.29 is 27.8 Å². The van der Waals surface area contributed by atoms with Crippen LogP contribution in [0.1, 0.15) is 23.2 Å². The highest BCUT2D eigenvalue weighted by Crippen LogP contribution is 2.36. The molecule has 5 rings (SSSR count). The van der Waals surface area contributed by atoms with E-state index in [1.807, 2.05) is 79.7 Å². The minimum atomic E-state index is -0.805. The van der Waals surface area contributed by atoms with E-state index in [1.165, 1.54) is 17.3 Å². The highest BCUT2D eigenvalue weighted by molar-refractivity contribution is 8.15. The van der Waals surface area contributed by atoms with Gasteiger partial charge in [-0.15, -0.1) is 0 Å². The Morgan fingerprint density at radius 2 is 1.81 bits per heavy atom. The maximum Gasteiger partial charge on any atom is 0.335 e. The zero-order chi connectivity index (χ0) is 26.2. The number of carbonyl (C=O) groups is 1. The second-order valence-corrected chi connectivity index (χ2v) is 9.73. The van der Waals surface area contributed by atoms with E-state index in [1.54, 1.807) is 0 Å². The number of aryl methyl sites for hydroxylation is 1. The average Bonchev–Trinajstić information content (AvgIpc) is 3.52. The van der Waals surface area contributed by atoms with Gasteiger partial charge in [-0.2, -0.15) is 8.42 Å². The number of nitrogens with one attached hydrogen (secondary N) is 1. The molecule has 0 spiro atoms. The summed E-state index contributed by atoms with van der Waals surface area (Å²) in [5.41, 5.74) is 3.94. The number of rotatable bonds is 8. The van der Waals surface area contributed by atoms with E-state index in [2.05, 4.69) is 9.98 Å². The maximum atomic E-state index is 11.1. The number of fused-ring (bicyclic) bond motifs is 1. The van der Waals surface area contributed by atoms with E-state index in [9.17, 15) is 4.79 Å². The molecule has 1 aliphatic heterocycles. The van der Waals surface area contributed by atoms with Crippen molar-refractivity contribution in [3.63, 3.8) is 0 Å². The van der Waals surface area contributed by atoms with Gasteiger partial charge in [0, 0.05) is 16.7 Å². The number of H-pyrrole nitrogens is 1. The summed E-state index contributed by atoms with van der Waals surface area (Å²) in [6.45, 7) is 2.97. The lowest BCUT2D eigenvalue weighted by atomic mass is 10.2. The number of benzene rings is 3. The average molecular weight is 537 g/mol. The van der Waals surface area contributed by atoms with Gasteiger partial charge in [-0.05, 0) is 36.8 Å². The number of aliphatic imine (C=N–C) groups is 1. The summed E-state index contributed by atoms with van der Waals surface area (Å²) in [6.07, 6.45) is 0.0951. The summed E-state index contributed by atoms with van der Waals surface area (Å²) < 4.78 is 28.9. The monoisotopic (exact) mass is 536 g/mol. The summed E-state index contributed by atoms with van der Waals surface area (Å²) in [7, 11) is 0. The fraction of sp³-hybridized carbons (Fsp3) is 0.185. The third-order valence-electron chi connectivity index (χ3n) is 5.51. The van der Waals surface area contributed by atoms with Crippen LogP contribution in [0.15, 0.2) is 77.8 Å². The predicted molar refractivity (Wildman–Crippen MR) is 144 cm³/mol. The van der Waals surface area contributed by atoms with Crippen molar-refractivity contribution in [1.29, 1.82) is 0 Å².